The molecule has 0 bridgehead atoms. The standard InChI is InChI=1S/C15H12N4O4/c20-15(16-10-5-6-13-14(7-10)22-9-21-13)8-23-19-12-4-2-1-3-11(12)17-18-19/h1-7H,8-9H2,(H,16,20). The van der Waals surface area contributed by atoms with Gasteiger partial charge in [0, 0.05) is 11.8 Å². The Kier molecular flexibility index (Phi) is 3.19. The van der Waals surface area contributed by atoms with Crippen molar-refractivity contribution >= 4 is 22.6 Å². The van der Waals surface area contributed by atoms with Gasteiger partial charge in [0.2, 0.25) is 6.79 Å². The van der Waals surface area contributed by atoms with Crippen LogP contribution in [0, 0.1) is 0 Å². The molecule has 1 N–H and O–H groups in total. The van der Waals surface area contributed by atoms with Gasteiger partial charge >= 0.3 is 0 Å². The molecular formula is C15H12N4O4. The summed E-state index contributed by atoms with van der Waals surface area (Å²) in [7, 11) is 0. The zero-order chi connectivity index (χ0) is 15.6. The van der Waals surface area contributed by atoms with Crippen molar-refractivity contribution in [2.45, 2.75) is 0 Å². The quantitative estimate of drug-likeness (QED) is 0.779. The molecule has 4 rings (SSSR count). The summed E-state index contributed by atoms with van der Waals surface area (Å²) in [6, 6.07) is 12.5. The number of benzene rings is 2. The van der Waals surface area contributed by atoms with Crippen molar-refractivity contribution < 1.29 is 19.1 Å². The van der Waals surface area contributed by atoms with Gasteiger partial charge < -0.3 is 19.6 Å². The molecule has 3 aromatic rings. The third-order valence-electron chi connectivity index (χ3n) is 3.30. The number of aromatic nitrogens is 3. The van der Waals surface area contributed by atoms with Crippen molar-refractivity contribution in [3.63, 3.8) is 0 Å². The van der Waals surface area contributed by atoms with Crippen LogP contribution in [0.3, 0.4) is 0 Å². The van der Waals surface area contributed by atoms with E-state index in [2.05, 4.69) is 15.6 Å². The van der Waals surface area contributed by atoms with E-state index in [1.165, 1.54) is 4.85 Å². The maximum absolute atomic E-state index is 12.0. The number of amides is 1. The fourth-order valence-corrected chi connectivity index (χ4v) is 2.23. The molecule has 0 unspecified atom stereocenters. The van der Waals surface area contributed by atoms with Crippen molar-refractivity contribution in [2.75, 3.05) is 18.7 Å². The summed E-state index contributed by atoms with van der Waals surface area (Å²) < 4.78 is 10.5. The molecule has 1 amide bonds. The van der Waals surface area contributed by atoms with Crippen LogP contribution in [0.2, 0.25) is 0 Å². The number of fused-ring (bicyclic) bond motifs is 2. The van der Waals surface area contributed by atoms with Gasteiger partial charge in [0.25, 0.3) is 5.91 Å². The highest BCUT2D eigenvalue weighted by Crippen LogP contribution is 2.34. The van der Waals surface area contributed by atoms with E-state index in [9.17, 15) is 4.79 Å². The minimum absolute atomic E-state index is 0.190. The Morgan fingerprint density at radius 3 is 3.04 bits per heavy atom. The zero-order valence-corrected chi connectivity index (χ0v) is 11.9. The Hall–Kier alpha value is -3.29. The number of nitrogens with one attached hydrogen (secondary N) is 1. The molecule has 2 heterocycles. The minimum Gasteiger partial charge on any atom is -0.454 e. The van der Waals surface area contributed by atoms with Crippen LogP contribution in [-0.2, 0) is 4.79 Å². The lowest BCUT2D eigenvalue weighted by Gasteiger charge is -2.07. The fourth-order valence-electron chi connectivity index (χ4n) is 2.23. The molecule has 1 aliphatic rings. The second-order valence-corrected chi connectivity index (χ2v) is 4.84. The summed E-state index contributed by atoms with van der Waals surface area (Å²) in [6.45, 7) is -0.00296. The number of hydrogen-bond acceptors (Lipinski definition) is 6. The number of anilines is 1. The zero-order valence-electron chi connectivity index (χ0n) is 11.9. The highest BCUT2D eigenvalue weighted by atomic mass is 16.7. The molecule has 2 aromatic carbocycles. The van der Waals surface area contributed by atoms with E-state index in [0.29, 0.717) is 28.2 Å². The molecule has 1 aromatic heterocycles. The molecule has 0 saturated carbocycles. The monoisotopic (exact) mass is 312 g/mol. The smallest absolute Gasteiger partial charge is 0.265 e. The lowest BCUT2D eigenvalue weighted by atomic mass is 10.3. The molecule has 0 spiro atoms. The van der Waals surface area contributed by atoms with Gasteiger partial charge in [0.1, 0.15) is 11.0 Å². The molecule has 0 fully saturated rings. The highest BCUT2D eigenvalue weighted by Gasteiger charge is 2.14. The van der Waals surface area contributed by atoms with Crippen molar-refractivity contribution in [1.29, 1.82) is 0 Å². The molecule has 0 radical (unpaired) electrons. The maximum atomic E-state index is 12.0. The van der Waals surface area contributed by atoms with Crippen LogP contribution >= 0.6 is 0 Å². The van der Waals surface area contributed by atoms with Gasteiger partial charge in [-0.2, -0.15) is 0 Å². The van der Waals surface area contributed by atoms with E-state index in [4.69, 9.17) is 14.3 Å². The number of para-hydroxylation sites is 1. The van der Waals surface area contributed by atoms with Crippen LogP contribution in [0.1, 0.15) is 0 Å². The molecule has 116 valence electrons. The second kappa shape index (κ2) is 5.48. The lowest BCUT2D eigenvalue weighted by Crippen LogP contribution is -2.26. The average molecular weight is 312 g/mol. The van der Waals surface area contributed by atoms with Gasteiger partial charge in [0.15, 0.2) is 18.1 Å². The van der Waals surface area contributed by atoms with Crippen LogP contribution < -0.4 is 19.6 Å². The molecule has 23 heavy (non-hydrogen) atoms. The van der Waals surface area contributed by atoms with E-state index in [-0.39, 0.29) is 19.3 Å². The lowest BCUT2D eigenvalue weighted by molar-refractivity contribution is -0.121. The summed E-state index contributed by atoms with van der Waals surface area (Å²) in [5, 5.41) is 10.5. The number of hydrogen-bond donors (Lipinski definition) is 1. The summed E-state index contributed by atoms with van der Waals surface area (Å²) in [5.41, 5.74) is 2.00. The first kappa shape index (κ1) is 13.4. The van der Waals surface area contributed by atoms with Crippen molar-refractivity contribution in [1.82, 2.24) is 15.2 Å². The van der Waals surface area contributed by atoms with Crippen molar-refractivity contribution in [3.05, 3.63) is 42.5 Å². The topological polar surface area (TPSA) is 87.5 Å². The van der Waals surface area contributed by atoms with Gasteiger partial charge in [-0.3, -0.25) is 4.79 Å². The number of carbonyl (C=O) groups is 1. The number of nitrogens with zero attached hydrogens (tertiary/aromatic N) is 3. The van der Waals surface area contributed by atoms with Crippen LogP contribution in [0.15, 0.2) is 42.5 Å². The number of carbonyl (C=O) groups excluding carboxylic acids is 1. The second-order valence-electron chi connectivity index (χ2n) is 4.84. The van der Waals surface area contributed by atoms with Crippen LogP contribution in [0.4, 0.5) is 5.69 Å². The minimum atomic E-state index is -0.316. The SMILES string of the molecule is O=C(COn1nnc2ccccc21)Nc1ccc2c(c1)OCO2. The van der Waals surface area contributed by atoms with E-state index in [1.54, 1.807) is 18.2 Å². The molecule has 8 heteroatoms. The molecule has 0 saturated heterocycles. The van der Waals surface area contributed by atoms with Gasteiger partial charge in [-0.25, -0.2) is 0 Å². The van der Waals surface area contributed by atoms with Gasteiger partial charge in [-0.1, -0.05) is 17.0 Å². The first-order valence-electron chi connectivity index (χ1n) is 6.93. The largest absolute Gasteiger partial charge is 0.454 e. The number of ether oxygens (including phenoxy) is 2. The van der Waals surface area contributed by atoms with Crippen LogP contribution in [-0.4, -0.2) is 34.5 Å². The van der Waals surface area contributed by atoms with E-state index < -0.39 is 0 Å². The van der Waals surface area contributed by atoms with E-state index in [0.717, 1.165) is 0 Å². The average Bonchev–Trinajstić information content (AvgIpc) is 3.19. The Bertz CT molecular complexity index is 877. The fraction of sp³-hybridized carbons (Fsp3) is 0.133. The predicted molar refractivity (Wildman–Crippen MR) is 80.2 cm³/mol. The van der Waals surface area contributed by atoms with Crippen LogP contribution in [0.25, 0.3) is 11.0 Å². The molecule has 0 aliphatic carbocycles. The van der Waals surface area contributed by atoms with Gasteiger partial charge in [-0.15, -0.1) is 5.10 Å². The van der Waals surface area contributed by atoms with E-state index in [1.807, 2.05) is 24.3 Å². The maximum Gasteiger partial charge on any atom is 0.265 e. The summed E-state index contributed by atoms with van der Waals surface area (Å²) in [5.74, 6) is 0.947. The first-order chi connectivity index (χ1) is 11.3. The third-order valence-corrected chi connectivity index (χ3v) is 3.30. The molecule has 0 atom stereocenters. The third kappa shape index (κ3) is 2.61. The molecular weight excluding hydrogens is 300 g/mol. The first-order valence-corrected chi connectivity index (χ1v) is 6.93. The predicted octanol–water partition coefficient (Wildman–Crippen LogP) is 1.23. The van der Waals surface area contributed by atoms with Gasteiger partial charge in [0.05, 0.1) is 0 Å². The molecule has 8 nitrogen and oxygen atoms in total. The highest BCUT2D eigenvalue weighted by molar-refractivity contribution is 5.92. The Morgan fingerprint density at radius 1 is 1.22 bits per heavy atom. The normalized spacial score (nSPS) is 12.3. The van der Waals surface area contributed by atoms with Crippen molar-refractivity contribution in [3.8, 4) is 11.5 Å². The number of rotatable bonds is 4. The summed E-state index contributed by atoms with van der Waals surface area (Å²) in [6.07, 6.45) is 0. The Labute approximate surface area is 130 Å². The van der Waals surface area contributed by atoms with E-state index >= 15 is 0 Å². The summed E-state index contributed by atoms with van der Waals surface area (Å²) in [4.78, 5) is 18.6. The Morgan fingerprint density at radius 2 is 2.09 bits per heavy atom. The molecule has 1 aliphatic heterocycles. The Balaban J connectivity index is 1.40. The summed E-state index contributed by atoms with van der Waals surface area (Å²) >= 11 is 0. The van der Waals surface area contributed by atoms with Crippen LogP contribution in [0.5, 0.6) is 11.5 Å². The van der Waals surface area contributed by atoms with Gasteiger partial charge in [-0.05, 0) is 29.5 Å². The van der Waals surface area contributed by atoms with Crippen molar-refractivity contribution in [2.24, 2.45) is 0 Å².